The van der Waals surface area contributed by atoms with Gasteiger partial charge in [0.05, 0.1) is 4.90 Å². The van der Waals surface area contributed by atoms with Gasteiger partial charge in [-0.2, -0.15) is 0 Å². The van der Waals surface area contributed by atoms with Gasteiger partial charge >= 0.3 is 0 Å². The lowest BCUT2D eigenvalue weighted by Gasteiger charge is -2.13. The highest BCUT2D eigenvalue weighted by Crippen LogP contribution is 2.30. The Kier molecular flexibility index (Phi) is 5.88. The second-order valence-corrected chi connectivity index (χ2v) is 9.29. The zero-order valence-corrected chi connectivity index (χ0v) is 18.2. The van der Waals surface area contributed by atoms with Crippen LogP contribution in [0.5, 0.6) is 5.75 Å². The molecule has 0 saturated carbocycles. The molecule has 0 fully saturated rings. The van der Waals surface area contributed by atoms with E-state index in [1.807, 2.05) is 19.1 Å². The van der Waals surface area contributed by atoms with E-state index >= 15 is 0 Å². The average molecular weight is 454 g/mol. The summed E-state index contributed by atoms with van der Waals surface area (Å²) >= 11 is 1.19. The number of fused-ring (bicyclic) bond motifs is 1. The van der Waals surface area contributed by atoms with Gasteiger partial charge in [-0.05, 0) is 31.2 Å². The molecule has 0 aliphatic rings. The van der Waals surface area contributed by atoms with Crippen LogP contribution < -0.4 is 14.8 Å². The standard InChI is InChI=1S/C22H19N3O4S2/c1-15-8-10-16(11-9-15)29-14-21(26)24-19-6-2-5-18-17(19)4-3-7-20(18)31(27,28)25-22-23-12-13-30-22/h2-13H,14H2,1H3,(H,23,25)(H,24,26). The molecule has 2 N–H and O–H groups in total. The van der Waals surface area contributed by atoms with Crippen molar-refractivity contribution in [3.05, 3.63) is 77.8 Å². The lowest BCUT2D eigenvalue weighted by Crippen LogP contribution is -2.20. The number of hydrogen-bond donors (Lipinski definition) is 2. The highest BCUT2D eigenvalue weighted by atomic mass is 32.2. The van der Waals surface area contributed by atoms with Gasteiger partial charge in [0.1, 0.15) is 5.75 Å². The van der Waals surface area contributed by atoms with E-state index in [-0.39, 0.29) is 22.5 Å². The summed E-state index contributed by atoms with van der Waals surface area (Å²) < 4.78 is 33.8. The summed E-state index contributed by atoms with van der Waals surface area (Å²) in [7, 11) is -3.84. The number of rotatable bonds is 7. The summed E-state index contributed by atoms with van der Waals surface area (Å²) in [5, 5.41) is 5.87. The number of ether oxygens (including phenoxy) is 1. The van der Waals surface area contributed by atoms with Crippen molar-refractivity contribution >= 4 is 48.9 Å². The van der Waals surface area contributed by atoms with Crippen LogP contribution in [-0.4, -0.2) is 25.9 Å². The Morgan fingerprint density at radius 1 is 1.03 bits per heavy atom. The van der Waals surface area contributed by atoms with E-state index in [4.69, 9.17) is 4.74 Å². The number of carbonyl (C=O) groups excluding carboxylic acids is 1. The molecule has 7 nitrogen and oxygen atoms in total. The zero-order valence-electron chi connectivity index (χ0n) is 16.5. The molecular formula is C22H19N3O4S2. The molecule has 158 valence electrons. The summed E-state index contributed by atoms with van der Waals surface area (Å²) in [6.07, 6.45) is 1.53. The van der Waals surface area contributed by atoms with E-state index < -0.39 is 10.0 Å². The second kappa shape index (κ2) is 8.75. The molecule has 0 atom stereocenters. The molecule has 0 spiro atoms. The van der Waals surface area contributed by atoms with E-state index in [1.54, 1.807) is 47.8 Å². The third-order valence-corrected chi connectivity index (χ3v) is 6.71. The molecule has 1 heterocycles. The molecular weight excluding hydrogens is 434 g/mol. The Morgan fingerprint density at radius 3 is 2.52 bits per heavy atom. The zero-order chi connectivity index (χ0) is 21.8. The lowest BCUT2D eigenvalue weighted by atomic mass is 10.1. The number of carbonyl (C=O) groups is 1. The average Bonchev–Trinajstić information content (AvgIpc) is 3.25. The number of benzene rings is 3. The fraction of sp³-hybridized carbons (Fsp3) is 0.0909. The lowest BCUT2D eigenvalue weighted by molar-refractivity contribution is -0.118. The largest absolute Gasteiger partial charge is 0.484 e. The molecule has 0 aliphatic heterocycles. The topological polar surface area (TPSA) is 97.4 Å². The molecule has 3 aromatic carbocycles. The number of sulfonamides is 1. The molecule has 0 radical (unpaired) electrons. The van der Waals surface area contributed by atoms with Gasteiger partial charge in [-0.25, -0.2) is 13.4 Å². The van der Waals surface area contributed by atoms with E-state index in [2.05, 4.69) is 15.0 Å². The van der Waals surface area contributed by atoms with Gasteiger partial charge in [-0.15, -0.1) is 11.3 Å². The van der Waals surface area contributed by atoms with Gasteiger partial charge in [-0.3, -0.25) is 9.52 Å². The maximum atomic E-state index is 12.9. The molecule has 4 rings (SSSR count). The summed E-state index contributed by atoms with van der Waals surface area (Å²) in [5.74, 6) is 0.252. The SMILES string of the molecule is Cc1ccc(OCC(=O)Nc2cccc3c(S(=O)(=O)Nc4nccs4)cccc23)cc1. The van der Waals surface area contributed by atoms with Crippen molar-refractivity contribution in [3.8, 4) is 5.75 Å². The number of aromatic nitrogens is 1. The van der Waals surface area contributed by atoms with Crippen LogP contribution in [0.2, 0.25) is 0 Å². The van der Waals surface area contributed by atoms with Crippen molar-refractivity contribution in [1.29, 1.82) is 0 Å². The third kappa shape index (κ3) is 4.84. The minimum atomic E-state index is -3.84. The fourth-order valence-corrected chi connectivity index (χ4v) is 5.05. The number of aryl methyl sites for hydroxylation is 1. The van der Waals surface area contributed by atoms with Gasteiger partial charge in [0.15, 0.2) is 11.7 Å². The van der Waals surface area contributed by atoms with Gasteiger partial charge in [0.2, 0.25) is 0 Å². The highest BCUT2D eigenvalue weighted by molar-refractivity contribution is 7.93. The van der Waals surface area contributed by atoms with E-state index in [1.165, 1.54) is 23.6 Å². The van der Waals surface area contributed by atoms with Crippen molar-refractivity contribution in [2.45, 2.75) is 11.8 Å². The van der Waals surface area contributed by atoms with Crippen molar-refractivity contribution < 1.29 is 17.9 Å². The van der Waals surface area contributed by atoms with Crippen LogP contribution in [0.3, 0.4) is 0 Å². The maximum Gasteiger partial charge on any atom is 0.264 e. The normalized spacial score (nSPS) is 11.3. The number of nitrogens with zero attached hydrogens (tertiary/aromatic N) is 1. The first kappa shape index (κ1) is 20.8. The minimum Gasteiger partial charge on any atom is -0.484 e. The first-order valence-electron chi connectivity index (χ1n) is 9.36. The Labute approximate surface area is 183 Å². The quantitative estimate of drug-likeness (QED) is 0.432. The molecule has 0 saturated heterocycles. The molecule has 0 unspecified atom stereocenters. The second-order valence-electron chi connectivity index (χ2n) is 6.75. The number of amides is 1. The first-order valence-corrected chi connectivity index (χ1v) is 11.7. The van der Waals surface area contributed by atoms with Crippen LogP contribution in [0.4, 0.5) is 10.8 Å². The van der Waals surface area contributed by atoms with Crippen LogP contribution >= 0.6 is 11.3 Å². The highest BCUT2D eigenvalue weighted by Gasteiger charge is 2.19. The van der Waals surface area contributed by atoms with Crippen molar-refractivity contribution in [2.75, 3.05) is 16.6 Å². The number of anilines is 2. The molecule has 31 heavy (non-hydrogen) atoms. The number of thiazole rings is 1. The first-order chi connectivity index (χ1) is 14.9. The van der Waals surface area contributed by atoms with Crippen LogP contribution in [0.1, 0.15) is 5.56 Å². The predicted octanol–water partition coefficient (Wildman–Crippen LogP) is 4.42. The van der Waals surface area contributed by atoms with E-state index in [0.29, 0.717) is 22.2 Å². The molecule has 4 aromatic rings. The maximum absolute atomic E-state index is 12.9. The number of nitrogens with one attached hydrogen (secondary N) is 2. The molecule has 1 amide bonds. The summed E-state index contributed by atoms with van der Waals surface area (Å²) in [5.41, 5.74) is 1.60. The van der Waals surface area contributed by atoms with Crippen molar-refractivity contribution in [3.63, 3.8) is 0 Å². The predicted molar refractivity (Wildman–Crippen MR) is 122 cm³/mol. The van der Waals surface area contributed by atoms with E-state index in [9.17, 15) is 13.2 Å². The number of hydrogen-bond acceptors (Lipinski definition) is 6. The fourth-order valence-electron chi connectivity index (χ4n) is 3.04. The van der Waals surface area contributed by atoms with Crippen LogP contribution in [0, 0.1) is 6.92 Å². The van der Waals surface area contributed by atoms with E-state index in [0.717, 1.165) is 5.56 Å². The van der Waals surface area contributed by atoms with Gasteiger partial charge < -0.3 is 10.1 Å². The monoisotopic (exact) mass is 453 g/mol. The minimum absolute atomic E-state index is 0.104. The van der Waals surface area contributed by atoms with Gasteiger partial charge in [-0.1, -0.05) is 42.0 Å². The molecule has 9 heteroatoms. The Hall–Kier alpha value is -3.43. The van der Waals surface area contributed by atoms with Gasteiger partial charge in [0.25, 0.3) is 15.9 Å². The summed E-state index contributed by atoms with van der Waals surface area (Å²) in [6.45, 7) is 1.81. The molecule has 0 aliphatic carbocycles. The van der Waals surface area contributed by atoms with Crippen molar-refractivity contribution in [1.82, 2.24) is 4.98 Å². The third-order valence-electron chi connectivity index (χ3n) is 4.49. The van der Waals surface area contributed by atoms with Crippen LogP contribution in [-0.2, 0) is 14.8 Å². The van der Waals surface area contributed by atoms with Crippen LogP contribution in [0.25, 0.3) is 10.8 Å². The Balaban J connectivity index is 1.56. The summed E-state index contributed by atoms with van der Waals surface area (Å²) in [4.78, 5) is 16.5. The van der Waals surface area contributed by atoms with Crippen LogP contribution in [0.15, 0.2) is 77.1 Å². The molecule has 1 aromatic heterocycles. The Morgan fingerprint density at radius 2 is 1.77 bits per heavy atom. The molecule has 0 bridgehead atoms. The Bertz CT molecular complexity index is 1320. The van der Waals surface area contributed by atoms with Crippen molar-refractivity contribution in [2.24, 2.45) is 0 Å². The smallest absolute Gasteiger partial charge is 0.264 e. The summed E-state index contributed by atoms with van der Waals surface area (Å²) in [6, 6.07) is 17.4. The van der Waals surface area contributed by atoms with Gasteiger partial charge in [0, 0.05) is 28.0 Å².